The first-order valence-electron chi connectivity index (χ1n) is 8.39. The number of benzene rings is 1. The van der Waals surface area contributed by atoms with Crippen LogP contribution in [0.1, 0.15) is 25.8 Å². The van der Waals surface area contributed by atoms with Crippen LogP contribution in [0.15, 0.2) is 53.8 Å². The molecule has 4 heteroatoms. The molecule has 1 aromatic carbocycles. The van der Waals surface area contributed by atoms with Gasteiger partial charge in [0.05, 0.1) is 0 Å². The molecule has 0 amide bonds. The maximum atomic E-state index is 10.2. The second-order valence-corrected chi connectivity index (χ2v) is 7.07. The van der Waals surface area contributed by atoms with Crippen molar-refractivity contribution in [3.8, 4) is 5.75 Å². The summed E-state index contributed by atoms with van der Waals surface area (Å²) in [7, 11) is 0. The van der Waals surface area contributed by atoms with E-state index in [2.05, 4.69) is 37.4 Å². The largest absolute Gasteiger partial charge is 0.507 e. The molecule has 24 heavy (non-hydrogen) atoms. The molecule has 1 aliphatic heterocycles. The molecule has 1 aliphatic carbocycles. The molecule has 2 unspecified atom stereocenters. The van der Waals surface area contributed by atoms with Crippen molar-refractivity contribution in [1.82, 2.24) is 5.32 Å². The van der Waals surface area contributed by atoms with Crippen LogP contribution in [-0.2, 0) is 0 Å². The quantitative estimate of drug-likeness (QED) is 0.775. The molecule has 0 spiro atoms. The summed E-state index contributed by atoms with van der Waals surface area (Å²) >= 11 is 0. The van der Waals surface area contributed by atoms with E-state index in [4.69, 9.17) is 4.74 Å². The van der Waals surface area contributed by atoms with Crippen LogP contribution in [0.5, 0.6) is 5.75 Å². The van der Waals surface area contributed by atoms with E-state index in [1.165, 1.54) is 5.57 Å². The molecular weight excluding hydrogens is 302 g/mol. The van der Waals surface area contributed by atoms with Crippen molar-refractivity contribution in [2.45, 2.75) is 26.5 Å². The molecule has 3 rings (SSSR count). The van der Waals surface area contributed by atoms with Gasteiger partial charge in [-0.3, -0.25) is 5.32 Å². The first kappa shape index (κ1) is 16.8. The third-order valence-corrected chi connectivity index (χ3v) is 4.67. The molecule has 0 bridgehead atoms. The number of para-hydroxylation sites is 1. The normalized spacial score (nSPS) is 23.1. The lowest BCUT2D eigenvalue weighted by Crippen LogP contribution is -2.43. The second kappa shape index (κ2) is 6.83. The molecule has 0 radical (unpaired) electrons. The van der Waals surface area contributed by atoms with Gasteiger partial charge in [0, 0.05) is 30.0 Å². The van der Waals surface area contributed by atoms with Gasteiger partial charge < -0.3 is 14.9 Å². The Labute approximate surface area is 143 Å². The second-order valence-electron chi connectivity index (χ2n) is 7.07. The number of allylic oxidation sites excluding steroid dienone is 2. The van der Waals surface area contributed by atoms with Gasteiger partial charge in [-0.2, -0.15) is 0 Å². The molecule has 1 heterocycles. The van der Waals surface area contributed by atoms with Gasteiger partial charge in [-0.05, 0) is 24.1 Å². The first-order chi connectivity index (χ1) is 11.5. The van der Waals surface area contributed by atoms with Gasteiger partial charge in [0.25, 0.3) is 0 Å². The smallest absolute Gasteiger partial charge is 0.208 e. The summed E-state index contributed by atoms with van der Waals surface area (Å²) in [5, 5.41) is 22.7. The molecular formula is C20H25NO3. The zero-order chi connectivity index (χ0) is 17.2. The van der Waals surface area contributed by atoms with Crippen molar-refractivity contribution in [3.63, 3.8) is 0 Å². The summed E-state index contributed by atoms with van der Waals surface area (Å²) in [6.07, 6.45) is 8.44. The van der Waals surface area contributed by atoms with Crippen molar-refractivity contribution in [2.24, 2.45) is 11.3 Å². The Balaban J connectivity index is 1.64. The number of hydrogen-bond donors (Lipinski definition) is 3. The Bertz CT molecular complexity index is 688. The highest BCUT2D eigenvalue weighted by Crippen LogP contribution is 2.32. The van der Waals surface area contributed by atoms with Crippen LogP contribution >= 0.6 is 0 Å². The van der Waals surface area contributed by atoms with E-state index in [0.717, 1.165) is 17.7 Å². The van der Waals surface area contributed by atoms with Gasteiger partial charge in [0.1, 0.15) is 11.5 Å². The highest BCUT2D eigenvalue weighted by Gasteiger charge is 2.28. The minimum absolute atomic E-state index is 0.0997. The summed E-state index contributed by atoms with van der Waals surface area (Å²) in [4.78, 5) is 0. The SMILES string of the molecule is CC(C)(CNC1Oc2ccccc2C=C1O)C1=CCC(CO)C=C1. The summed E-state index contributed by atoms with van der Waals surface area (Å²) in [6, 6.07) is 7.66. The molecule has 2 atom stereocenters. The Morgan fingerprint density at radius 2 is 2.08 bits per heavy atom. The van der Waals surface area contributed by atoms with Gasteiger partial charge in [-0.15, -0.1) is 0 Å². The third kappa shape index (κ3) is 3.55. The number of aliphatic hydroxyl groups excluding tert-OH is 2. The van der Waals surface area contributed by atoms with Crippen molar-refractivity contribution >= 4 is 6.08 Å². The first-order valence-corrected chi connectivity index (χ1v) is 8.39. The predicted octanol–water partition coefficient (Wildman–Crippen LogP) is 3.41. The third-order valence-electron chi connectivity index (χ3n) is 4.67. The Morgan fingerprint density at radius 3 is 2.79 bits per heavy atom. The predicted molar refractivity (Wildman–Crippen MR) is 95.7 cm³/mol. The standard InChI is InChI=1S/C20H25NO3/c1-20(2,16-9-7-14(12-22)8-10-16)13-21-19-17(23)11-15-5-3-4-6-18(15)24-19/h3-7,9-11,14,19,21-23H,8,12-13H2,1-2H3. The van der Waals surface area contributed by atoms with Crippen LogP contribution in [0.2, 0.25) is 0 Å². The van der Waals surface area contributed by atoms with Crippen LogP contribution in [0.25, 0.3) is 6.08 Å². The lowest BCUT2D eigenvalue weighted by atomic mass is 9.80. The van der Waals surface area contributed by atoms with E-state index in [-0.39, 0.29) is 23.7 Å². The van der Waals surface area contributed by atoms with Crippen molar-refractivity contribution in [1.29, 1.82) is 0 Å². The summed E-state index contributed by atoms with van der Waals surface area (Å²) in [6.45, 7) is 5.17. The maximum Gasteiger partial charge on any atom is 0.208 e. The van der Waals surface area contributed by atoms with Gasteiger partial charge in [-0.1, -0.05) is 50.3 Å². The van der Waals surface area contributed by atoms with Crippen LogP contribution in [0.4, 0.5) is 0 Å². The summed E-state index contributed by atoms with van der Waals surface area (Å²) in [5.41, 5.74) is 2.03. The molecule has 3 N–H and O–H groups in total. The highest BCUT2D eigenvalue weighted by atomic mass is 16.5. The fourth-order valence-corrected chi connectivity index (χ4v) is 3.03. The molecule has 128 valence electrons. The highest BCUT2D eigenvalue weighted by molar-refractivity contribution is 5.61. The Kier molecular flexibility index (Phi) is 4.78. The zero-order valence-corrected chi connectivity index (χ0v) is 14.2. The van der Waals surface area contributed by atoms with Crippen LogP contribution < -0.4 is 10.1 Å². The topological polar surface area (TPSA) is 61.7 Å². The average molecular weight is 327 g/mol. The van der Waals surface area contributed by atoms with E-state index in [1.807, 2.05) is 24.3 Å². The van der Waals surface area contributed by atoms with E-state index in [1.54, 1.807) is 6.08 Å². The lowest BCUT2D eigenvalue weighted by Gasteiger charge is -2.32. The molecule has 2 aliphatic rings. The summed E-state index contributed by atoms with van der Waals surface area (Å²) < 4.78 is 5.86. The Hall–Kier alpha value is -2.04. The van der Waals surface area contributed by atoms with Crippen LogP contribution in [-0.4, -0.2) is 29.6 Å². The zero-order valence-electron chi connectivity index (χ0n) is 14.2. The number of hydrogen-bond acceptors (Lipinski definition) is 4. The monoisotopic (exact) mass is 327 g/mol. The number of rotatable bonds is 5. The minimum Gasteiger partial charge on any atom is -0.507 e. The molecule has 4 nitrogen and oxygen atoms in total. The van der Waals surface area contributed by atoms with Gasteiger partial charge in [-0.25, -0.2) is 0 Å². The molecule has 0 saturated heterocycles. The van der Waals surface area contributed by atoms with Gasteiger partial charge >= 0.3 is 0 Å². The summed E-state index contributed by atoms with van der Waals surface area (Å²) in [5.74, 6) is 1.19. The van der Waals surface area contributed by atoms with Crippen molar-refractivity contribution in [2.75, 3.05) is 13.2 Å². The molecule has 0 fully saturated rings. The number of fused-ring (bicyclic) bond motifs is 1. The van der Waals surface area contributed by atoms with Crippen LogP contribution in [0.3, 0.4) is 0 Å². The molecule has 0 saturated carbocycles. The molecule has 0 aromatic heterocycles. The van der Waals surface area contributed by atoms with Crippen LogP contribution in [0, 0.1) is 11.3 Å². The van der Waals surface area contributed by atoms with E-state index in [0.29, 0.717) is 6.54 Å². The molecule has 1 aromatic rings. The van der Waals surface area contributed by atoms with Crippen molar-refractivity contribution < 1.29 is 14.9 Å². The maximum absolute atomic E-state index is 10.2. The fraction of sp³-hybridized carbons (Fsp3) is 0.400. The van der Waals surface area contributed by atoms with Gasteiger partial charge in [0.2, 0.25) is 6.23 Å². The lowest BCUT2D eigenvalue weighted by molar-refractivity contribution is 0.131. The van der Waals surface area contributed by atoms with Gasteiger partial charge in [0.15, 0.2) is 0 Å². The van der Waals surface area contributed by atoms with E-state index >= 15 is 0 Å². The van der Waals surface area contributed by atoms with E-state index in [9.17, 15) is 10.2 Å². The number of nitrogens with one attached hydrogen (secondary N) is 1. The number of aliphatic hydroxyl groups is 2. The number of ether oxygens (including phenoxy) is 1. The van der Waals surface area contributed by atoms with Crippen molar-refractivity contribution in [3.05, 3.63) is 59.4 Å². The minimum atomic E-state index is -0.530. The average Bonchev–Trinajstić information content (AvgIpc) is 2.60. The fourth-order valence-electron chi connectivity index (χ4n) is 3.03. The van der Waals surface area contributed by atoms with E-state index < -0.39 is 6.23 Å². The Morgan fingerprint density at radius 1 is 1.29 bits per heavy atom.